The maximum absolute atomic E-state index is 13.1. The molecule has 1 atom stereocenters. The second kappa shape index (κ2) is 10.8. The number of rotatable bonds is 4. The fourth-order valence-corrected chi connectivity index (χ4v) is 6.79. The second-order valence-electron chi connectivity index (χ2n) is 11.8. The number of carbonyl (C=O) groups is 3. The van der Waals surface area contributed by atoms with Crippen LogP contribution in [-0.4, -0.2) is 64.7 Å². The number of hydrogen-bond acceptors (Lipinski definition) is 7. The molecule has 3 aromatic rings. The van der Waals surface area contributed by atoms with Crippen LogP contribution in [0.15, 0.2) is 48.5 Å². The SMILES string of the molecule is CC(C)(C)OC(=O)N1CC[C@H](C(=O)Nc2nc3c(s2)CN(C(=O)OCC2c4ccccc4-c4ccccc42)CC3)C1. The summed E-state index contributed by atoms with van der Waals surface area (Å²) >= 11 is 1.39. The summed E-state index contributed by atoms with van der Waals surface area (Å²) in [6, 6.07) is 16.6. The molecule has 3 aliphatic rings. The summed E-state index contributed by atoms with van der Waals surface area (Å²) in [5.41, 5.74) is 5.08. The van der Waals surface area contributed by atoms with Crippen LogP contribution in [0.2, 0.25) is 0 Å². The van der Waals surface area contributed by atoms with Gasteiger partial charge < -0.3 is 24.6 Å². The number of hydrogen-bond donors (Lipinski definition) is 1. The number of carbonyl (C=O) groups excluding carboxylic acids is 3. The molecule has 10 heteroatoms. The molecule has 0 unspecified atom stereocenters. The lowest BCUT2D eigenvalue weighted by atomic mass is 9.98. The normalized spacial score (nSPS) is 18.0. The van der Waals surface area contributed by atoms with E-state index in [-0.39, 0.29) is 30.4 Å². The molecular formula is C31H34N4O5S. The van der Waals surface area contributed by atoms with Gasteiger partial charge in [-0.05, 0) is 49.4 Å². The lowest BCUT2D eigenvalue weighted by Crippen LogP contribution is -2.36. The summed E-state index contributed by atoms with van der Waals surface area (Å²) in [7, 11) is 0. The predicted octanol–water partition coefficient (Wildman–Crippen LogP) is 5.65. The molecule has 1 N–H and O–H groups in total. The fourth-order valence-electron chi connectivity index (χ4n) is 5.76. The van der Waals surface area contributed by atoms with Gasteiger partial charge in [-0.15, -0.1) is 0 Å². The van der Waals surface area contributed by atoms with Gasteiger partial charge in [0.05, 0.1) is 18.2 Å². The Morgan fingerprint density at radius 1 is 0.976 bits per heavy atom. The molecule has 1 fully saturated rings. The van der Waals surface area contributed by atoms with Crippen LogP contribution >= 0.6 is 11.3 Å². The van der Waals surface area contributed by atoms with Crippen molar-refractivity contribution in [3.8, 4) is 11.1 Å². The molecule has 41 heavy (non-hydrogen) atoms. The van der Waals surface area contributed by atoms with Crippen molar-refractivity contribution in [1.29, 1.82) is 0 Å². The van der Waals surface area contributed by atoms with E-state index >= 15 is 0 Å². The van der Waals surface area contributed by atoms with Gasteiger partial charge in [0, 0.05) is 36.9 Å². The van der Waals surface area contributed by atoms with Crippen molar-refractivity contribution in [2.75, 3.05) is 31.6 Å². The van der Waals surface area contributed by atoms with Crippen LogP contribution in [0, 0.1) is 5.92 Å². The fraction of sp³-hybridized carbons (Fsp3) is 0.419. The van der Waals surface area contributed by atoms with Crippen molar-refractivity contribution in [2.24, 2.45) is 5.92 Å². The molecule has 1 aromatic heterocycles. The van der Waals surface area contributed by atoms with Gasteiger partial charge >= 0.3 is 12.2 Å². The third-order valence-corrected chi connectivity index (χ3v) is 8.76. The molecule has 2 aromatic carbocycles. The van der Waals surface area contributed by atoms with E-state index in [1.807, 2.05) is 45.0 Å². The zero-order chi connectivity index (χ0) is 28.7. The Hall–Kier alpha value is -3.92. The molecule has 9 nitrogen and oxygen atoms in total. The molecule has 2 aliphatic heterocycles. The second-order valence-corrected chi connectivity index (χ2v) is 12.8. The summed E-state index contributed by atoms with van der Waals surface area (Å²) in [6.45, 7) is 7.46. The van der Waals surface area contributed by atoms with Gasteiger partial charge in [-0.1, -0.05) is 59.9 Å². The van der Waals surface area contributed by atoms with E-state index in [1.54, 1.807) is 9.80 Å². The monoisotopic (exact) mass is 574 g/mol. The Bertz CT molecular complexity index is 1450. The number of amides is 3. The highest BCUT2D eigenvalue weighted by Crippen LogP contribution is 2.44. The third-order valence-electron chi connectivity index (χ3n) is 7.77. The first-order chi connectivity index (χ1) is 19.7. The van der Waals surface area contributed by atoms with Crippen molar-refractivity contribution >= 4 is 34.6 Å². The van der Waals surface area contributed by atoms with Gasteiger partial charge in [0.2, 0.25) is 5.91 Å². The van der Waals surface area contributed by atoms with E-state index < -0.39 is 11.7 Å². The molecule has 0 spiro atoms. The van der Waals surface area contributed by atoms with Crippen LogP contribution < -0.4 is 5.32 Å². The Balaban J connectivity index is 1.04. The average Bonchev–Trinajstić information content (AvgIpc) is 3.66. The third kappa shape index (κ3) is 5.66. The van der Waals surface area contributed by atoms with Gasteiger partial charge in [-0.25, -0.2) is 14.6 Å². The molecule has 1 saturated heterocycles. The number of aromatic nitrogens is 1. The maximum atomic E-state index is 13.1. The van der Waals surface area contributed by atoms with Gasteiger partial charge in [0.1, 0.15) is 12.2 Å². The summed E-state index contributed by atoms with van der Waals surface area (Å²) in [4.78, 5) is 47.2. The minimum atomic E-state index is -0.578. The van der Waals surface area contributed by atoms with E-state index in [1.165, 1.54) is 33.6 Å². The molecule has 3 heterocycles. The van der Waals surface area contributed by atoms with Crippen LogP contribution in [0.3, 0.4) is 0 Å². The summed E-state index contributed by atoms with van der Waals surface area (Å²) < 4.78 is 11.3. The molecule has 6 rings (SSSR count). The Morgan fingerprint density at radius 2 is 1.66 bits per heavy atom. The van der Waals surface area contributed by atoms with E-state index in [9.17, 15) is 14.4 Å². The number of nitrogens with one attached hydrogen (secondary N) is 1. The van der Waals surface area contributed by atoms with E-state index in [4.69, 9.17) is 9.47 Å². The van der Waals surface area contributed by atoms with Crippen molar-refractivity contribution in [3.05, 3.63) is 70.2 Å². The standard InChI is InChI=1S/C31H34N4O5S/c1-31(2,3)40-30(38)34-14-12-19(16-34)27(36)33-28-32-25-13-15-35(17-26(25)41-28)29(37)39-18-24-22-10-6-4-8-20(22)21-9-5-7-11-23(21)24/h4-11,19,24H,12-18H2,1-3H3,(H,32,33,36)/t19-/m0/s1. The zero-order valence-corrected chi connectivity index (χ0v) is 24.3. The van der Waals surface area contributed by atoms with Crippen LogP contribution in [0.25, 0.3) is 11.1 Å². The van der Waals surface area contributed by atoms with Crippen LogP contribution in [0.4, 0.5) is 14.7 Å². The minimum absolute atomic E-state index is 0.0127. The number of ether oxygens (including phenoxy) is 2. The predicted molar refractivity (Wildman–Crippen MR) is 156 cm³/mol. The first kappa shape index (κ1) is 27.3. The number of benzene rings is 2. The largest absolute Gasteiger partial charge is 0.448 e. The quantitative estimate of drug-likeness (QED) is 0.433. The molecule has 3 amide bonds. The first-order valence-corrected chi connectivity index (χ1v) is 14.9. The van der Waals surface area contributed by atoms with E-state index in [0.717, 1.165) is 10.6 Å². The molecule has 214 valence electrons. The number of anilines is 1. The summed E-state index contributed by atoms with van der Waals surface area (Å²) in [5, 5.41) is 3.45. The topological polar surface area (TPSA) is 101 Å². The van der Waals surface area contributed by atoms with E-state index in [2.05, 4.69) is 34.6 Å². The first-order valence-electron chi connectivity index (χ1n) is 14.0. The molecular weight excluding hydrogens is 540 g/mol. The molecule has 0 saturated carbocycles. The highest BCUT2D eigenvalue weighted by atomic mass is 32.1. The lowest BCUT2D eigenvalue weighted by Gasteiger charge is -2.26. The zero-order valence-electron chi connectivity index (χ0n) is 23.5. The summed E-state index contributed by atoms with van der Waals surface area (Å²) in [6.07, 6.45) is 0.434. The van der Waals surface area contributed by atoms with Crippen LogP contribution in [-0.2, 0) is 27.2 Å². The van der Waals surface area contributed by atoms with Gasteiger partial charge in [0.15, 0.2) is 5.13 Å². The average molecular weight is 575 g/mol. The smallest absolute Gasteiger partial charge is 0.410 e. The number of thiazole rings is 1. The lowest BCUT2D eigenvalue weighted by molar-refractivity contribution is -0.119. The van der Waals surface area contributed by atoms with Gasteiger partial charge in [-0.3, -0.25) is 4.79 Å². The number of likely N-dealkylation sites (tertiary alicyclic amines) is 1. The molecule has 1 aliphatic carbocycles. The number of fused-ring (bicyclic) bond motifs is 4. The van der Waals surface area contributed by atoms with Crippen LogP contribution in [0.5, 0.6) is 0 Å². The summed E-state index contributed by atoms with van der Waals surface area (Å²) in [5.74, 6) is -0.463. The molecule has 0 radical (unpaired) electrons. The Kier molecular flexibility index (Phi) is 7.19. The highest BCUT2D eigenvalue weighted by Gasteiger charge is 2.35. The van der Waals surface area contributed by atoms with Gasteiger partial charge in [-0.2, -0.15) is 0 Å². The van der Waals surface area contributed by atoms with Crippen molar-refractivity contribution in [2.45, 2.75) is 51.7 Å². The Labute approximate surface area is 243 Å². The minimum Gasteiger partial charge on any atom is -0.448 e. The van der Waals surface area contributed by atoms with Crippen molar-refractivity contribution in [1.82, 2.24) is 14.8 Å². The molecule has 0 bridgehead atoms. The Morgan fingerprint density at radius 3 is 2.34 bits per heavy atom. The van der Waals surface area contributed by atoms with Crippen molar-refractivity contribution < 1.29 is 23.9 Å². The highest BCUT2D eigenvalue weighted by molar-refractivity contribution is 7.15. The van der Waals surface area contributed by atoms with E-state index in [0.29, 0.717) is 44.2 Å². The maximum Gasteiger partial charge on any atom is 0.410 e. The van der Waals surface area contributed by atoms with Crippen molar-refractivity contribution in [3.63, 3.8) is 0 Å². The number of nitrogens with zero attached hydrogens (tertiary/aromatic N) is 3. The van der Waals surface area contributed by atoms with Gasteiger partial charge in [0.25, 0.3) is 0 Å². The van der Waals surface area contributed by atoms with Crippen LogP contribution in [0.1, 0.15) is 54.8 Å².